The molecule has 0 atom stereocenters. The van der Waals surface area contributed by atoms with E-state index < -0.39 is 0 Å². The molecule has 2 heterocycles. The van der Waals surface area contributed by atoms with Crippen molar-refractivity contribution in [1.29, 1.82) is 0 Å². The zero-order valence-electron chi connectivity index (χ0n) is 28.2. The Kier molecular flexibility index (Phi) is 5.81. The van der Waals surface area contributed by atoms with Gasteiger partial charge in [0.2, 0.25) is 0 Å². The maximum Gasteiger partial charge on any atom is 0.0753 e. The van der Waals surface area contributed by atoms with Crippen LogP contribution in [-0.4, -0.2) is 9.97 Å². The van der Waals surface area contributed by atoms with E-state index >= 15 is 0 Å². The zero-order valence-corrected chi connectivity index (χ0v) is 28.2. The number of aromatic nitrogens is 2. The molecule has 2 aromatic heterocycles. The molecule has 0 aliphatic heterocycles. The third kappa shape index (κ3) is 3.67. The number of pyridine rings is 2. The van der Waals surface area contributed by atoms with Crippen LogP contribution in [0.15, 0.2) is 109 Å². The summed E-state index contributed by atoms with van der Waals surface area (Å²) in [6.07, 6.45) is 2.07. The fourth-order valence-electron chi connectivity index (χ4n) is 9.24. The van der Waals surface area contributed by atoms with Crippen LogP contribution in [0.1, 0.15) is 87.8 Å². The predicted octanol–water partition coefficient (Wildman–Crippen LogP) is 11.5. The molecule has 0 saturated carbocycles. The average Bonchev–Trinajstić information content (AvgIpc) is 3.61. The van der Waals surface area contributed by atoms with E-state index in [-0.39, 0.29) is 16.2 Å². The third-order valence-corrected chi connectivity index (χ3v) is 12.0. The van der Waals surface area contributed by atoms with Crippen LogP contribution in [0.4, 0.5) is 0 Å². The smallest absolute Gasteiger partial charge is 0.0753 e. The molecule has 6 aromatic rings. The number of benzene rings is 4. The first-order chi connectivity index (χ1) is 22.7. The maximum atomic E-state index is 5.33. The second-order valence-corrected chi connectivity index (χ2v) is 14.8. The monoisotopic (exact) mass is 608 g/mol. The molecule has 230 valence electrons. The summed E-state index contributed by atoms with van der Waals surface area (Å²) >= 11 is 0. The van der Waals surface area contributed by atoms with Gasteiger partial charge in [-0.15, -0.1) is 0 Å². The second-order valence-electron chi connectivity index (χ2n) is 14.8. The lowest BCUT2D eigenvalue weighted by Crippen LogP contribution is -2.23. The van der Waals surface area contributed by atoms with E-state index in [1.54, 1.807) is 0 Å². The lowest BCUT2D eigenvalue weighted by Gasteiger charge is -2.30. The van der Waals surface area contributed by atoms with E-state index in [0.717, 1.165) is 35.6 Å². The van der Waals surface area contributed by atoms with Crippen LogP contribution < -0.4 is 0 Å². The Labute approximate surface area is 278 Å². The van der Waals surface area contributed by atoms with Crippen molar-refractivity contribution < 1.29 is 0 Å². The van der Waals surface area contributed by atoms with E-state index in [2.05, 4.69) is 151 Å². The molecule has 3 aliphatic rings. The van der Waals surface area contributed by atoms with Gasteiger partial charge in [0, 0.05) is 38.5 Å². The van der Waals surface area contributed by atoms with E-state index in [4.69, 9.17) is 9.97 Å². The standard InChI is InChI=1S/C45H40N2/c1-7-45(8-2)37-25-27(39-23-21-35-41(46-39)31-13-9-11-15-33(31)43(35,3)4)17-19-29(37)30-20-18-28(26-38(30)45)40-24-22-36-42(47-40)32-14-10-12-16-34(32)44(36,5)6/h9-26H,7-8H2,1-6H3. The second kappa shape index (κ2) is 9.61. The lowest BCUT2D eigenvalue weighted by molar-refractivity contribution is 0.490. The van der Waals surface area contributed by atoms with Crippen molar-refractivity contribution >= 4 is 0 Å². The number of rotatable bonds is 4. The minimum atomic E-state index is -0.0622. The summed E-state index contributed by atoms with van der Waals surface area (Å²) in [7, 11) is 0. The molecule has 0 N–H and O–H groups in total. The van der Waals surface area contributed by atoms with Crippen LogP contribution in [0, 0.1) is 0 Å². The Balaban J connectivity index is 1.14. The quantitative estimate of drug-likeness (QED) is 0.199. The van der Waals surface area contributed by atoms with Gasteiger partial charge in [0.15, 0.2) is 0 Å². The number of fused-ring (bicyclic) bond motifs is 9. The highest BCUT2D eigenvalue weighted by Gasteiger charge is 2.42. The van der Waals surface area contributed by atoms with Crippen LogP contribution in [0.3, 0.4) is 0 Å². The Hall–Kier alpha value is -4.82. The van der Waals surface area contributed by atoms with Crippen LogP contribution in [-0.2, 0) is 16.2 Å². The molecule has 0 spiro atoms. The number of hydrogen-bond acceptors (Lipinski definition) is 2. The predicted molar refractivity (Wildman–Crippen MR) is 195 cm³/mol. The van der Waals surface area contributed by atoms with E-state index in [1.165, 1.54) is 66.8 Å². The van der Waals surface area contributed by atoms with Gasteiger partial charge in [-0.3, -0.25) is 0 Å². The molecule has 0 unspecified atom stereocenters. The third-order valence-electron chi connectivity index (χ3n) is 12.0. The highest BCUT2D eigenvalue weighted by Crippen LogP contribution is 2.55. The molecule has 4 aromatic carbocycles. The molecular formula is C45H40N2. The van der Waals surface area contributed by atoms with Gasteiger partial charge in [-0.05, 0) is 81.6 Å². The summed E-state index contributed by atoms with van der Waals surface area (Å²) in [4.78, 5) is 10.7. The Morgan fingerprint density at radius 1 is 0.426 bits per heavy atom. The summed E-state index contributed by atoms with van der Waals surface area (Å²) in [6, 6.07) is 40.7. The molecule has 9 rings (SSSR count). The zero-order chi connectivity index (χ0) is 32.3. The first kappa shape index (κ1) is 28.4. The van der Waals surface area contributed by atoms with Crippen LogP contribution in [0.2, 0.25) is 0 Å². The van der Waals surface area contributed by atoms with Crippen molar-refractivity contribution in [2.75, 3.05) is 0 Å². The minimum Gasteiger partial charge on any atom is -0.247 e. The van der Waals surface area contributed by atoms with E-state index in [9.17, 15) is 0 Å². The molecule has 0 fully saturated rings. The molecule has 0 bridgehead atoms. The number of nitrogens with zero attached hydrogens (tertiary/aromatic N) is 2. The Bertz CT molecular complexity index is 2120. The van der Waals surface area contributed by atoms with Crippen molar-refractivity contribution in [3.63, 3.8) is 0 Å². The average molecular weight is 609 g/mol. The van der Waals surface area contributed by atoms with Crippen LogP contribution in [0.25, 0.3) is 56.2 Å². The van der Waals surface area contributed by atoms with Gasteiger partial charge in [0.1, 0.15) is 0 Å². The van der Waals surface area contributed by atoms with E-state index in [0.29, 0.717) is 0 Å². The SMILES string of the molecule is CCC1(CC)c2cc(-c3ccc4c(n3)-c3ccccc3C4(C)C)ccc2-c2ccc(-c3ccc4c(n3)-c3ccccc3C4(C)C)cc21. The normalized spacial score (nSPS) is 16.6. The largest absolute Gasteiger partial charge is 0.247 e. The minimum absolute atomic E-state index is 0.0401. The van der Waals surface area contributed by atoms with Crippen molar-refractivity contribution in [1.82, 2.24) is 9.97 Å². The van der Waals surface area contributed by atoms with Gasteiger partial charge < -0.3 is 0 Å². The van der Waals surface area contributed by atoms with Crippen LogP contribution >= 0.6 is 0 Å². The molecule has 3 aliphatic carbocycles. The summed E-state index contributed by atoms with van der Waals surface area (Å²) < 4.78 is 0. The Morgan fingerprint density at radius 3 is 1.28 bits per heavy atom. The van der Waals surface area contributed by atoms with Gasteiger partial charge in [0.05, 0.1) is 22.8 Å². The first-order valence-electron chi connectivity index (χ1n) is 17.2. The fourth-order valence-corrected chi connectivity index (χ4v) is 9.24. The lowest BCUT2D eigenvalue weighted by atomic mass is 9.73. The fraction of sp³-hybridized carbons (Fsp3) is 0.244. The molecule has 2 nitrogen and oxygen atoms in total. The van der Waals surface area contributed by atoms with Crippen molar-refractivity contribution in [2.24, 2.45) is 0 Å². The van der Waals surface area contributed by atoms with Crippen LogP contribution in [0.5, 0.6) is 0 Å². The summed E-state index contributed by atoms with van der Waals surface area (Å²) in [5, 5.41) is 0. The van der Waals surface area contributed by atoms with Crippen molar-refractivity contribution in [3.8, 4) is 56.2 Å². The molecular weight excluding hydrogens is 569 g/mol. The first-order valence-corrected chi connectivity index (χ1v) is 17.2. The summed E-state index contributed by atoms with van der Waals surface area (Å²) in [5.41, 5.74) is 20.0. The van der Waals surface area contributed by atoms with Crippen molar-refractivity contribution in [3.05, 3.63) is 143 Å². The molecule has 2 heteroatoms. The van der Waals surface area contributed by atoms with Gasteiger partial charge in [-0.25, -0.2) is 9.97 Å². The molecule has 0 amide bonds. The number of hydrogen-bond donors (Lipinski definition) is 0. The maximum absolute atomic E-state index is 5.33. The molecule has 0 radical (unpaired) electrons. The highest BCUT2D eigenvalue weighted by atomic mass is 14.8. The molecule has 0 saturated heterocycles. The summed E-state index contributed by atoms with van der Waals surface area (Å²) in [6.45, 7) is 14.0. The molecule has 47 heavy (non-hydrogen) atoms. The van der Waals surface area contributed by atoms with Gasteiger partial charge in [0.25, 0.3) is 0 Å². The topological polar surface area (TPSA) is 25.8 Å². The Morgan fingerprint density at radius 2 is 0.851 bits per heavy atom. The van der Waals surface area contributed by atoms with Gasteiger partial charge >= 0.3 is 0 Å². The highest BCUT2D eigenvalue weighted by molar-refractivity contribution is 5.87. The summed E-state index contributed by atoms with van der Waals surface area (Å²) in [5.74, 6) is 0. The van der Waals surface area contributed by atoms with Crippen molar-refractivity contribution in [2.45, 2.75) is 70.6 Å². The van der Waals surface area contributed by atoms with Gasteiger partial charge in [-0.1, -0.05) is 126 Å². The van der Waals surface area contributed by atoms with Gasteiger partial charge in [-0.2, -0.15) is 0 Å². The van der Waals surface area contributed by atoms with E-state index in [1.807, 2.05) is 0 Å².